The van der Waals surface area contributed by atoms with Crippen molar-refractivity contribution >= 4 is 17.2 Å². The average molecular weight is 547 g/mol. The average Bonchev–Trinajstić information content (AvgIpc) is 3.85. The molecular weight excluding hydrogens is 517 g/mol. The molecule has 2 aliphatic rings. The molecule has 1 atom stereocenters. The lowest BCUT2D eigenvalue weighted by Crippen LogP contribution is -2.37. The molecule has 2 fully saturated rings. The number of rotatable bonds is 10. The topological polar surface area (TPSA) is 71.9 Å². The molecule has 2 aromatic carbocycles. The number of benzene rings is 2. The van der Waals surface area contributed by atoms with Gasteiger partial charge in [0.1, 0.15) is 5.69 Å². The monoisotopic (exact) mass is 546 g/mol. The highest BCUT2D eigenvalue weighted by atomic mass is 32.1. The van der Waals surface area contributed by atoms with Crippen molar-refractivity contribution in [2.24, 2.45) is 5.92 Å². The van der Waals surface area contributed by atoms with Gasteiger partial charge in [-0.05, 0) is 67.0 Å². The van der Waals surface area contributed by atoms with Crippen LogP contribution in [0.2, 0.25) is 0 Å². The van der Waals surface area contributed by atoms with Crippen molar-refractivity contribution < 1.29 is 32.5 Å². The minimum absolute atomic E-state index is 0.0170. The van der Waals surface area contributed by atoms with Gasteiger partial charge in [0, 0.05) is 12.5 Å². The summed E-state index contributed by atoms with van der Waals surface area (Å²) < 4.78 is 50.9. The first-order valence-electron chi connectivity index (χ1n) is 12.6. The van der Waals surface area contributed by atoms with E-state index in [2.05, 4.69) is 4.98 Å². The fraction of sp³-hybridized carbons (Fsp3) is 0.429. The zero-order chi connectivity index (χ0) is 27.0. The van der Waals surface area contributed by atoms with Crippen molar-refractivity contribution in [3.63, 3.8) is 0 Å². The highest BCUT2D eigenvalue weighted by molar-refractivity contribution is 7.15. The molecule has 10 heteroatoms. The summed E-state index contributed by atoms with van der Waals surface area (Å²) in [5.41, 5.74) is 0.260. The fourth-order valence-electron chi connectivity index (χ4n) is 4.40. The fourth-order valence-corrected chi connectivity index (χ4v) is 5.62. The largest absolute Gasteiger partial charge is 0.493 e. The molecule has 1 heterocycles. The Hall–Kier alpha value is -3.11. The molecule has 1 aromatic heterocycles. The van der Waals surface area contributed by atoms with Crippen LogP contribution in [0.25, 0.3) is 10.4 Å². The minimum atomic E-state index is -4.49. The number of carbonyl (C=O) groups excluding carboxylic acids is 1. The molecule has 1 N–H and O–H groups in total. The summed E-state index contributed by atoms with van der Waals surface area (Å²) in [4.78, 5) is 20.6. The number of aliphatic hydroxyl groups is 1. The molecule has 0 radical (unpaired) electrons. The first-order valence-corrected chi connectivity index (χ1v) is 13.4. The van der Waals surface area contributed by atoms with Crippen molar-refractivity contribution in [2.75, 3.05) is 27.3 Å². The van der Waals surface area contributed by atoms with Gasteiger partial charge in [-0.1, -0.05) is 18.2 Å². The molecule has 3 aromatic rings. The number of halogens is 3. The Bertz CT molecular complexity index is 1320. The van der Waals surface area contributed by atoms with E-state index in [1.807, 2.05) is 0 Å². The first kappa shape index (κ1) is 26.5. The highest BCUT2D eigenvalue weighted by Crippen LogP contribution is 2.46. The van der Waals surface area contributed by atoms with Crippen LogP contribution in [-0.4, -0.2) is 48.2 Å². The van der Waals surface area contributed by atoms with E-state index in [9.17, 15) is 23.1 Å². The molecule has 38 heavy (non-hydrogen) atoms. The Kier molecular flexibility index (Phi) is 7.37. The van der Waals surface area contributed by atoms with E-state index in [1.54, 1.807) is 29.2 Å². The van der Waals surface area contributed by atoms with Crippen LogP contribution in [0.15, 0.2) is 42.5 Å². The zero-order valence-electron chi connectivity index (χ0n) is 21.1. The van der Waals surface area contributed by atoms with Gasteiger partial charge in [-0.2, -0.15) is 13.2 Å². The Morgan fingerprint density at radius 2 is 1.84 bits per heavy atom. The summed E-state index contributed by atoms with van der Waals surface area (Å²) in [5.74, 6) is 1.17. The van der Waals surface area contributed by atoms with Crippen LogP contribution < -0.4 is 9.47 Å². The maximum Gasteiger partial charge on any atom is 0.416 e. The molecule has 2 saturated carbocycles. The van der Waals surface area contributed by atoms with Crippen LogP contribution in [0.5, 0.6) is 11.5 Å². The van der Waals surface area contributed by atoms with Gasteiger partial charge in [-0.3, -0.25) is 4.79 Å². The zero-order valence-corrected chi connectivity index (χ0v) is 21.9. The molecule has 1 unspecified atom stereocenters. The number of nitrogens with zero attached hydrogens (tertiary/aromatic N) is 2. The van der Waals surface area contributed by atoms with Crippen LogP contribution in [0.3, 0.4) is 0 Å². The standard InChI is InChI=1S/C28H29F3N2O4S/c1-36-22-11-10-18(13-23(22)37-2)21(34)15-33(14-16-6-7-16)27(35)24-25(38-26(32-24)17-8-9-17)19-4-3-5-20(12-19)28(29,30)31/h3-5,10-13,16-17,21,34H,6-9,14-15H2,1-2H3. The van der Waals surface area contributed by atoms with Crippen LogP contribution in [-0.2, 0) is 6.18 Å². The first-order chi connectivity index (χ1) is 18.2. The minimum Gasteiger partial charge on any atom is -0.493 e. The van der Waals surface area contributed by atoms with E-state index in [-0.39, 0.29) is 24.1 Å². The van der Waals surface area contributed by atoms with Gasteiger partial charge < -0.3 is 19.5 Å². The van der Waals surface area contributed by atoms with Crippen molar-refractivity contribution in [1.82, 2.24) is 9.88 Å². The number of methoxy groups -OCH3 is 2. The normalized spacial score (nSPS) is 16.3. The second kappa shape index (κ2) is 10.6. The molecule has 0 spiro atoms. The second-order valence-corrected chi connectivity index (χ2v) is 10.9. The number of ether oxygens (including phenoxy) is 2. The van der Waals surface area contributed by atoms with Gasteiger partial charge >= 0.3 is 6.18 Å². The van der Waals surface area contributed by atoms with Crippen molar-refractivity contribution in [2.45, 2.75) is 43.9 Å². The highest BCUT2D eigenvalue weighted by Gasteiger charge is 2.36. The summed E-state index contributed by atoms with van der Waals surface area (Å²) in [7, 11) is 3.03. The van der Waals surface area contributed by atoms with Crippen molar-refractivity contribution in [3.05, 3.63) is 64.3 Å². The maximum atomic E-state index is 13.9. The number of thiazole rings is 1. The molecular formula is C28H29F3N2O4S. The molecule has 2 aliphatic carbocycles. The second-order valence-electron chi connectivity index (χ2n) is 9.87. The van der Waals surface area contributed by atoms with E-state index in [0.717, 1.165) is 42.8 Å². The van der Waals surface area contributed by atoms with Crippen LogP contribution in [0.1, 0.15) is 64.3 Å². The maximum absolute atomic E-state index is 13.9. The number of hydrogen-bond acceptors (Lipinski definition) is 6. The quantitative estimate of drug-likeness (QED) is 0.323. The van der Waals surface area contributed by atoms with Gasteiger partial charge in [0.15, 0.2) is 11.5 Å². The summed E-state index contributed by atoms with van der Waals surface area (Å²) in [5, 5.41) is 11.9. The molecule has 5 rings (SSSR count). The summed E-state index contributed by atoms with van der Waals surface area (Å²) in [6.45, 7) is 0.463. The Balaban J connectivity index is 1.47. The van der Waals surface area contributed by atoms with E-state index in [1.165, 1.54) is 31.6 Å². The van der Waals surface area contributed by atoms with E-state index >= 15 is 0 Å². The Morgan fingerprint density at radius 3 is 2.47 bits per heavy atom. The van der Waals surface area contributed by atoms with Crippen LogP contribution in [0.4, 0.5) is 13.2 Å². The van der Waals surface area contributed by atoms with Gasteiger partial charge in [-0.25, -0.2) is 4.98 Å². The predicted octanol–water partition coefficient (Wildman–Crippen LogP) is 6.31. The lowest BCUT2D eigenvalue weighted by Gasteiger charge is -2.26. The number of amides is 1. The third-order valence-corrected chi connectivity index (χ3v) is 8.14. The van der Waals surface area contributed by atoms with Gasteiger partial charge in [0.25, 0.3) is 5.91 Å². The van der Waals surface area contributed by atoms with Crippen LogP contribution in [0, 0.1) is 5.92 Å². The Morgan fingerprint density at radius 1 is 1.11 bits per heavy atom. The number of aromatic nitrogens is 1. The van der Waals surface area contributed by atoms with Crippen molar-refractivity contribution in [1.29, 1.82) is 0 Å². The Labute approximate surface area is 223 Å². The van der Waals surface area contributed by atoms with Crippen molar-refractivity contribution in [3.8, 4) is 21.9 Å². The van der Waals surface area contributed by atoms with Gasteiger partial charge in [-0.15, -0.1) is 11.3 Å². The van der Waals surface area contributed by atoms with Gasteiger partial charge in [0.2, 0.25) is 0 Å². The molecule has 0 aliphatic heterocycles. The third kappa shape index (κ3) is 5.81. The number of hydrogen-bond donors (Lipinski definition) is 1. The van der Waals surface area contributed by atoms with Crippen LogP contribution >= 0.6 is 11.3 Å². The predicted molar refractivity (Wildman–Crippen MR) is 138 cm³/mol. The number of alkyl halides is 3. The number of carbonyl (C=O) groups is 1. The lowest BCUT2D eigenvalue weighted by atomic mass is 10.1. The molecule has 0 saturated heterocycles. The lowest BCUT2D eigenvalue weighted by molar-refractivity contribution is -0.137. The van der Waals surface area contributed by atoms with E-state index in [4.69, 9.17) is 9.47 Å². The van der Waals surface area contributed by atoms with Gasteiger partial charge in [0.05, 0.1) is 42.3 Å². The summed E-state index contributed by atoms with van der Waals surface area (Å²) >= 11 is 1.29. The summed E-state index contributed by atoms with van der Waals surface area (Å²) in [6.07, 6.45) is -1.62. The molecule has 0 bridgehead atoms. The SMILES string of the molecule is COc1ccc(C(O)CN(CC2CC2)C(=O)c2nc(C3CC3)sc2-c2cccc(C(F)(F)F)c2)cc1OC. The van der Waals surface area contributed by atoms with E-state index < -0.39 is 17.8 Å². The summed E-state index contributed by atoms with van der Waals surface area (Å²) in [6, 6.07) is 10.1. The molecule has 1 amide bonds. The molecule has 202 valence electrons. The molecule has 6 nitrogen and oxygen atoms in total. The smallest absolute Gasteiger partial charge is 0.416 e. The third-order valence-electron chi connectivity index (χ3n) is 6.87. The number of aliphatic hydroxyl groups excluding tert-OH is 1. The van der Waals surface area contributed by atoms with E-state index in [0.29, 0.717) is 40.0 Å².